The van der Waals surface area contributed by atoms with Crippen LogP contribution in [0.1, 0.15) is 18.5 Å². The molecule has 0 fully saturated rings. The van der Waals surface area contributed by atoms with Crippen LogP contribution in [0.25, 0.3) is 0 Å². The van der Waals surface area contributed by atoms with E-state index in [4.69, 9.17) is 0 Å². The van der Waals surface area contributed by atoms with E-state index in [0.717, 1.165) is 11.6 Å². The molecule has 106 valence electrons. The lowest BCUT2D eigenvalue weighted by atomic mass is 10.1. The van der Waals surface area contributed by atoms with Gasteiger partial charge in [0, 0.05) is 12.1 Å². The molecule has 0 saturated heterocycles. The molecular formula is C14H10Br2F3N. The lowest BCUT2D eigenvalue weighted by molar-refractivity contribution is 0.579. The normalized spacial score (nSPS) is 12.3. The minimum atomic E-state index is -0.682. The summed E-state index contributed by atoms with van der Waals surface area (Å²) in [5, 5.41) is 2.93. The van der Waals surface area contributed by atoms with Gasteiger partial charge in [0.05, 0.1) is 14.6 Å². The molecule has 2 aromatic carbocycles. The van der Waals surface area contributed by atoms with E-state index in [0.29, 0.717) is 4.47 Å². The third-order valence-electron chi connectivity index (χ3n) is 2.83. The molecule has 1 unspecified atom stereocenters. The summed E-state index contributed by atoms with van der Waals surface area (Å²) >= 11 is 6.11. The molecule has 2 aromatic rings. The highest BCUT2D eigenvalue weighted by Gasteiger charge is 2.13. The quantitative estimate of drug-likeness (QED) is 0.632. The molecule has 2 rings (SSSR count). The van der Waals surface area contributed by atoms with Crippen LogP contribution in [0.3, 0.4) is 0 Å². The average molecular weight is 409 g/mol. The first-order chi connectivity index (χ1) is 9.38. The van der Waals surface area contributed by atoms with Crippen LogP contribution in [-0.4, -0.2) is 0 Å². The summed E-state index contributed by atoms with van der Waals surface area (Å²) < 4.78 is 40.5. The van der Waals surface area contributed by atoms with Gasteiger partial charge in [0.1, 0.15) is 17.5 Å². The summed E-state index contributed by atoms with van der Waals surface area (Å²) in [7, 11) is 0. The van der Waals surface area contributed by atoms with Crippen molar-refractivity contribution in [2.45, 2.75) is 13.0 Å². The van der Waals surface area contributed by atoms with E-state index in [2.05, 4.69) is 37.2 Å². The van der Waals surface area contributed by atoms with E-state index < -0.39 is 11.6 Å². The van der Waals surface area contributed by atoms with E-state index in [1.807, 2.05) is 0 Å². The van der Waals surface area contributed by atoms with Gasteiger partial charge in [-0.25, -0.2) is 13.2 Å². The maximum atomic E-state index is 13.7. The Morgan fingerprint density at radius 2 is 1.55 bits per heavy atom. The van der Waals surface area contributed by atoms with Crippen molar-refractivity contribution in [2.24, 2.45) is 0 Å². The Balaban J connectivity index is 2.25. The van der Waals surface area contributed by atoms with Crippen molar-refractivity contribution >= 4 is 37.5 Å². The fourth-order valence-corrected chi connectivity index (χ4v) is 2.47. The third-order valence-corrected chi connectivity index (χ3v) is 4.04. The van der Waals surface area contributed by atoms with Gasteiger partial charge in [-0.15, -0.1) is 0 Å². The maximum Gasteiger partial charge on any atom is 0.149 e. The number of hydrogen-bond acceptors (Lipinski definition) is 1. The van der Waals surface area contributed by atoms with Gasteiger partial charge in [-0.1, -0.05) is 6.07 Å². The van der Waals surface area contributed by atoms with Crippen LogP contribution in [0.5, 0.6) is 0 Å². The number of halogens is 5. The summed E-state index contributed by atoms with van der Waals surface area (Å²) in [4.78, 5) is 0. The van der Waals surface area contributed by atoms with Gasteiger partial charge in [-0.05, 0) is 62.5 Å². The molecule has 0 aliphatic heterocycles. The predicted octanol–water partition coefficient (Wildman–Crippen LogP) is 5.80. The fourth-order valence-electron chi connectivity index (χ4n) is 1.73. The van der Waals surface area contributed by atoms with Gasteiger partial charge in [-0.3, -0.25) is 0 Å². The van der Waals surface area contributed by atoms with Gasteiger partial charge in [0.25, 0.3) is 0 Å². The summed E-state index contributed by atoms with van der Waals surface area (Å²) in [5.41, 5.74) is 0.948. The zero-order valence-corrected chi connectivity index (χ0v) is 13.5. The number of hydrogen-bond donors (Lipinski definition) is 1. The topological polar surface area (TPSA) is 12.0 Å². The second kappa shape index (κ2) is 6.18. The second-order valence-electron chi connectivity index (χ2n) is 4.29. The van der Waals surface area contributed by atoms with Crippen molar-refractivity contribution in [2.75, 3.05) is 5.32 Å². The van der Waals surface area contributed by atoms with Crippen molar-refractivity contribution < 1.29 is 13.2 Å². The minimum absolute atomic E-state index is 0.172. The molecule has 1 nitrogen and oxygen atoms in total. The highest BCUT2D eigenvalue weighted by molar-refractivity contribution is 9.10. The number of nitrogens with one attached hydrogen (secondary N) is 1. The number of anilines is 1. The molecule has 0 aromatic heterocycles. The molecule has 0 spiro atoms. The number of benzene rings is 2. The van der Waals surface area contributed by atoms with E-state index in [9.17, 15) is 13.2 Å². The van der Waals surface area contributed by atoms with Crippen LogP contribution in [0.2, 0.25) is 0 Å². The largest absolute Gasteiger partial charge is 0.376 e. The minimum Gasteiger partial charge on any atom is -0.376 e. The first kappa shape index (κ1) is 15.4. The molecule has 0 bridgehead atoms. The van der Waals surface area contributed by atoms with Crippen molar-refractivity contribution in [1.82, 2.24) is 0 Å². The van der Waals surface area contributed by atoms with Crippen molar-refractivity contribution in [1.29, 1.82) is 0 Å². The Bertz CT molecular complexity index is 647. The summed E-state index contributed by atoms with van der Waals surface area (Å²) in [6.07, 6.45) is 0. The van der Waals surface area contributed by atoms with Crippen molar-refractivity contribution in [3.63, 3.8) is 0 Å². The van der Waals surface area contributed by atoms with Gasteiger partial charge in [-0.2, -0.15) is 0 Å². The van der Waals surface area contributed by atoms with Crippen LogP contribution in [-0.2, 0) is 0 Å². The SMILES string of the molecule is CC(Nc1cc(Br)c(F)cc1F)c1ccc(F)c(Br)c1. The standard InChI is InChI=1S/C14H10Br2F3N/c1-7(8-2-3-11(17)9(15)4-8)20-14-5-10(16)12(18)6-13(14)19/h2-7,20H,1H3. The zero-order valence-electron chi connectivity index (χ0n) is 10.4. The zero-order chi connectivity index (χ0) is 14.9. The molecule has 0 amide bonds. The molecule has 0 radical (unpaired) electrons. The first-order valence-electron chi connectivity index (χ1n) is 5.74. The average Bonchev–Trinajstić information content (AvgIpc) is 2.39. The van der Waals surface area contributed by atoms with E-state index in [1.165, 1.54) is 12.1 Å². The van der Waals surface area contributed by atoms with Crippen LogP contribution < -0.4 is 5.32 Å². The van der Waals surface area contributed by atoms with Crippen LogP contribution in [0.15, 0.2) is 39.3 Å². The van der Waals surface area contributed by atoms with Gasteiger partial charge < -0.3 is 5.32 Å². The molecule has 20 heavy (non-hydrogen) atoms. The molecule has 6 heteroatoms. The Kier molecular flexibility index (Phi) is 4.75. The smallest absolute Gasteiger partial charge is 0.149 e. The van der Waals surface area contributed by atoms with E-state index in [-0.39, 0.29) is 22.0 Å². The van der Waals surface area contributed by atoms with Crippen molar-refractivity contribution in [3.05, 3.63) is 62.3 Å². The van der Waals surface area contributed by atoms with Crippen LogP contribution in [0, 0.1) is 17.5 Å². The number of rotatable bonds is 3. The highest BCUT2D eigenvalue weighted by atomic mass is 79.9. The molecular weight excluding hydrogens is 399 g/mol. The van der Waals surface area contributed by atoms with Gasteiger partial charge in [0.2, 0.25) is 0 Å². The van der Waals surface area contributed by atoms with Gasteiger partial charge in [0.15, 0.2) is 0 Å². The second-order valence-corrected chi connectivity index (χ2v) is 5.99. The molecule has 1 atom stereocenters. The van der Waals surface area contributed by atoms with E-state index >= 15 is 0 Å². The van der Waals surface area contributed by atoms with Crippen molar-refractivity contribution in [3.8, 4) is 0 Å². The maximum absolute atomic E-state index is 13.7. The molecule has 0 aliphatic rings. The van der Waals surface area contributed by atoms with Crippen LogP contribution >= 0.6 is 31.9 Å². The third kappa shape index (κ3) is 3.35. The highest BCUT2D eigenvalue weighted by Crippen LogP contribution is 2.28. The fraction of sp³-hybridized carbons (Fsp3) is 0.143. The lowest BCUT2D eigenvalue weighted by Crippen LogP contribution is -2.08. The Morgan fingerprint density at radius 1 is 0.900 bits per heavy atom. The summed E-state index contributed by atoms with van der Waals surface area (Å²) in [6, 6.07) is 6.42. The van der Waals surface area contributed by atoms with Crippen LogP contribution in [0.4, 0.5) is 18.9 Å². The first-order valence-corrected chi connectivity index (χ1v) is 7.33. The molecule has 0 aliphatic carbocycles. The van der Waals surface area contributed by atoms with E-state index in [1.54, 1.807) is 19.1 Å². The summed E-state index contributed by atoms with van der Waals surface area (Å²) in [6.45, 7) is 1.80. The Labute approximate surface area is 131 Å². The molecule has 0 saturated carbocycles. The molecule has 0 heterocycles. The molecule has 1 N–H and O–H groups in total. The monoisotopic (exact) mass is 407 g/mol. The summed E-state index contributed by atoms with van der Waals surface area (Å²) in [5.74, 6) is -1.71. The Hall–Kier alpha value is -1.01. The predicted molar refractivity (Wildman–Crippen MR) is 80.2 cm³/mol. The Morgan fingerprint density at radius 3 is 2.20 bits per heavy atom. The van der Waals surface area contributed by atoms with Gasteiger partial charge >= 0.3 is 0 Å². The lowest BCUT2D eigenvalue weighted by Gasteiger charge is -2.17.